The largest absolute Gasteiger partial charge is 0.494 e. The number of carboxylic acid groups (broad SMARTS) is 1. The molecule has 0 radical (unpaired) electrons. The Kier molecular flexibility index (Phi) is 2.78. The highest BCUT2D eigenvalue weighted by Crippen LogP contribution is 2.37. The number of methoxy groups -OCH3 is 1. The Balaban J connectivity index is 2.87. The van der Waals surface area contributed by atoms with Crippen molar-refractivity contribution in [3.05, 3.63) is 29.5 Å². The van der Waals surface area contributed by atoms with Crippen LogP contribution in [0.1, 0.15) is 29.9 Å². The predicted octanol–water partition coefficient (Wildman–Crippen LogP) is 2.10. The number of benzene rings is 1. The zero-order valence-corrected chi connectivity index (χ0v) is 10.4. The number of fused-ring (bicyclic) bond motifs is 1. The Labute approximate surface area is 104 Å². The maximum absolute atomic E-state index is 11.1. The second kappa shape index (κ2) is 4.03. The van der Waals surface area contributed by atoms with E-state index in [1.165, 1.54) is 7.11 Å². The van der Waals surface area contributed by atoms with Gasteiger partial charge in [-0.25, -0.2) is 4.79 Å². The van der Waals surface area contributed by atoms with Crippen LogP contribution in [0.25, 0.3) is 10.9 Å². The second-order valence-corrected chi connectivity index (χ2v) is 4.63. The predicted molar refractivity (Wildman–Crippen MR) is 67.1 cm³/mol. The summed E-state index contributed by atoms with van der Waals surface area (Å²) in [4.78, 5) is 13.9. The van der Waals surface area contributed by atoms with Gasteiger partial charge in [0.15, 0.2) is 11.4 Å². The molecule has 0 amide bonds. The van der Waals surface area contributed by atoms with Crippen molar-refractivity contribution in [2.45, 2.75) is 19.4 Å². The standard InChI is InChI=1S/C13H15NO4/c1-13(2,17)7-5-4-6-8-9(7)11(18-3)10(14-8)12(15)16/h4-6,14,17H,1-3H3,(H,15,16). The van der Waals surface area contributed by atoms with Crippen LogP contribution in [0.5, 0.6) is 5.75 Å². The molecule has 0 bridgehead atoms. The van der Waals surface area contributed by atoms with Gasteiger partial charge < -0.3 is 19.9 Å². The molecule has 0 saturated heterocycles. The number of aromatic amines is 1. The van der Waals surface area contributed by atoms with Gasteiger partial charge in [0.25, 0.3) is 0 Å². The maximum atomic E-state index is 11.1. The molecule has 3 N–H and O–H groups in total. The van der Waals surface area contributed by atoms with Crippen LogP contribution in [0.2, 0.25) is 0 Å². The van der Waals surface area contributed by atoms with Crippen molar-refractivity contribution in [2.75, 3.05) is 7.11 Å². The van der Waals surface area contributed by atoms with Gasteiger partial charge in [-0.05, 0) is 25.5 Å². The van der Waals surface area contributed by atoms with Gasteiger partial charge in [-0.15, -0.1) is 0 Å². The third-order valence-corrected chi connectivity index (χ3v) is 2.86. The van der Waals surface area contributed by atoms with Crippen molar-refractivity contribution in [2.24, 2.45) is 0 Å². The minimum absolute atomic E-state index is 0.0100. The molecule has 1 heterocycles. The smallest absolute Gasteiger partial charge is 0.356 e. The number of nitrogens with one attached hydrogen (secondary N) is 1. The number of rotatable bonds is 3. The van der Waals surface area contributed by atoms with E-state index in [2.05, 4.69) is 4.98 Å². The van der Waals surface area contributed by atoms with Crippen molar-refractivity contribution in [1.29, 1.82) is 0 Å². The topological polar surface area (TPSA) is 82.5 Å². The van der Waals surface area contributed by atoms with Gasteiger partial charge in [-0.2, -0.15) is 0 Å². The van der Waals surface area contributed by atoms with E-state index in [4.69, 9.17) is 9.84 Å². The highest BCUT2D eigenvalue weighted by Gasteiger charge is 2.25. The van der Waals surface area contributed by atoms with Crippen LogP contribution in [0.3, 0.4) is 0 Å². The number of aromatic carboxylic acids is 1. The minimum atomic E-state index is -1.09. The monoisotopic (exact) mass is 249 g/mol. The number of carbonyl (C=O) groups is 1. The van der Waals surface area contributed by atoms with Crippen LogP contribution >= 0.6 is 0 Å². The molecule has 0 aliphatic rings. The molecule has 0 fully saturated rings. The molecule has 5 heteroatoms. The lowest BCUT2D eigenvalue weighted by Crippen LogP contribution is -2.15. The first-order valence-electron chi connectivity index (χ1n) is 5.51. The van der Waals surface area contributed by atoms with E-state index >= 15 is 0 Å². The summed E-state index contributed by atoms with van der Waals surface area (Å²) >= 11 is 0. The van der Waals surface area contributed by atoms with Crippen LogP contribution in [-0.4, -0.2) is 28.3 Å². The van der Waals surface area contributed by atoms with Gasteiger partial charge in [-0.1, -0.05) is 12.1 Å². The van der Waals surface area contributed by atoms with Gasteiger partial charge >= 0.3 is 5.97 Å². The Morgan fingerprint density at radius 2 is 2.06 bits per heavy atom. The van der Waals surface area contributed by atoms with Crippen molar-refractivity contribution >= 4 is 16.9 Å². The molecular formula is C13H15NO4. The quantitative estimate of drug-likeness (QED) is 0.778. The minimum Gasteiger partial charge on any atom is -0.494 e. The van der Waals surface area contributed by atoms with E-state index in [1.807, 2.05) is 0 Å². The van der Waals surface area contributed by atoms with Gasteiger partial charge in [0.1, 0.15) is 0 Å². The van der Waals surface area contributed by atoms with E-state index in [1.54, 1.807) is 32.0 Å². The fourth-order valence-corrected chi connectivity index (χ4v) is 2.08. The van der Waals surface area contributed by atoms with Crippen molar-refractivity contribution in [3.63, 3.8) is 0 Å². The van der Waals surface area contributed by atoms with Crippen molar-refractivity contribution in [1.82, 2.24) is 4.98 Å². The Morgan fingerprint density at radius 3 is 2.56 bits per heavy atom. The van der Waals surface area contributed by atoms with Gasteiger partial charge in [0, 0.05) is 5.39 Å². The molecular weight excluding hydrogens is 234 g/mol. The zero-order chi connectivity index (χ0) is 13.5. The number of H-pyrrole nitrogens is 1. The average Bonchev–Trinajstić information content (AvgIpc) is 2.65. The first-order valence-corrected chi connectivity index (χ1v) is 5.51. The molecule has 1 aromatic carbocycles. The van der Waals surface area contributed by atoms with Crippen molar-refractivity contribution < 1.29 is 19.7 Å². The number of hydrogen-bond donors (Lipinski definition) is 3. The number of aromatic nitrogens is 1. The number of hydrogen-bond acceptors (Lipinski definition) is 3. The third-order valence-electron chi connectivity index (χ3n) is 2.86. The maximum Gasteiger partial charge on any atom is 0.356 e. The lowest BCUT2D eigenvalue weighted by Gasteiger charge is -2.19. The molecule has 5 nitrogen and oxygen atoms in total. The van der Waals surface area contributed by atoms with Crippen molar-refractivity contribution in [3.8, 4) is 5.75 Å². The fourth-order valence-electron chi connectivity index (χ4n) is 2.08. The Morgan fingerprint density at radius 1 is 1.39 bits per heavy atom. The van der Waals surface area contributed by atoms with E-state index in [-0.39, 0.29) is 11.4 Å². The molecule has 0 spiro atoms. The summed E-state index contributed by atoms with van der Waals surface area (Å²) in [6.07, 6.45) is 0. The molecule has 0 aliphatic carbocycles. The van der Waals surface area contributed by atoms with E-state index in [0.717, 1.165) is 0 Å². The number of ether oxygens (including phenoxy) is 1. The molecule has 0 atom stereocenters. The van der Waals surface area contributed by atoms with Gasteiger partial charge in [0.05, 0.1) is 18.2 Å². The van der Waals surface area contributed by atoms with E-state index in [9.17, 15) is 9.90 Å². The zero-order valence-electron chi connectivity index (χ0n) is 10.4. The molecule has 1 aromatic heterocycles. The Hall–Kier alpha value is -2.01. The van der Waals surface area contributed by atoms with E-state index in [0.29, 0.717) is 16.5 Å². The summed E-state index contributed by atoms with van der Waals surface area (Å²) in [5.74, 6) is -0.847. The first-order chi connectivity index (χ1) is 8.36. The van der Waals surface area contributed by atoms with Crippen LogP contribution in [0.15, 0.2) is 18.2 Å². The summed E-state index contributed by atoms with van der Waals surface area (Å²) in [5.41, 5.74) is 0.166. The lowest BCUT2D eigenvalue weighted by molar-refractivity contribution is 0.0686. The molecule has 0 unspecified atom stereocenters. The first kappa shape index (κ1) is 12.4. The highest BCUT2D eigenvalue weighted by atomic mass is 16.5. The van der Waals surface area contributed by atoms with Gasteiger partial charge in [-0.3, -0.25) is 0 Å². The van der Waals surface area contributed by atoms with Crippen LogP contribution in [0, 0.1) is 0 Å². The SMILES string of the molecule is COc1c(C(=O)O)[nH]c2cccc(C(C)(C)O)c12. The summed E-state index contributed by atoms with van der Waals surface area (Å²) in [6, 6.07) is 5.26. The molecule has 0 saturated carbocycles. The normalized spacial score (nSPS) is 11.8. The summed E-state index contributed by atoms with van der Waals surface area (Å²) < 4.78 is 5.17. The number of aliphatic hydroxyl groups is 1. The summed E-state index contributed by atoms with van der Waals surface area (Å²) in [5, 5.41) is 19.9. The lowest BCUT2D eigenvalue weighted by atomic mass is 9.94. The molecule has 2 rings (SSSR count). The molecule has 2 aromatic rings. The van der Waals surface area contributed by atoms with Gasteiger partial charge in [0.2, 0.25) is 0 Å². The molecule has 96 valence electrons. The Bertz CT molecular complexity index is 607. The average molecular weight is 249 g/mol. The van der Waals surface area contributed by atoms with Crippen LogP contribution in [0.4, 0.5) is 0 Å². The van der Waals surface area contributed by atoms with E-state index < -0.39 is 11.6 Å². The fraction of sp³-hybridized carbons (Fsp3) is 0.308. The number of carboxylic acids is 1. The highest BCUT2D eigenvalue weighted by molar-refractivity contribution is 6.01. The summed E-state index contributed by atoms with van der Waals surface area (Å²) in [6.45, 7) is 3.29. The van der Waals surface area contributed by atoms with Crippen LogP contribution in [-0.2, 0) is 5.60 Å². The van der Waals surface area contributed by atoms with Crippen LogP contribution < -0.4 is 4.74 Å². The second-order valence-electron chi connectivity index (χ2n) is 4.63. The summed E-state index contributed by atoms with van der Waals surface area (Å²) in [7, 11) is 1.41. The molecule has 18 heavy (non-hydrogen) atoms. The molecule has 0 aliphatic heterocycles. The third kappa shape index (κ3) is 1.82.